The minimum atomic E-state index is 0. The molecule has 1 aliphatic heterocycles. The van der Waals surface area contributed by atoms with E-state index in [9.17, 15) is 0 Å². The Balaban J connectivity index is 0.00000385. The highest BCUT2D eigenvalue weighted by atomic mass is 127. The van der Waals surface area contributed by atoms with Gasteiger partial charge in [-0.3, -0.25) is 4.90 Å². The van der Waals surface area contributed by atoms with Crippen LogP contribution in [0.15, 0.2) is 35.3 Å². The Morgan fingerprint density at radius 1 is 1.09 bits per heavy atom. The molecule has 2 aromatic rings. The van der Waals surface area contributed by atoms with E-state index in [1.54, 1.807) is 0 Å². The van der Waals surface area contributed by atoms with Crippen molar-refractivity contribution in [1.29, 1.82) is 0 Å². The molecule has 0 radical (unpaired) electrons. The van der Waals surface area contributed by atoms with E-state index in [2.05, 4.69) is 25.3 Å². The number of aliphatic imine (C=N–C) groups is 1. The normalized spacial score (nSPS) is 14.8. The maximum absolute atomic E-state index is 5.85. The van der Waals surface area contributed by atoms with E-state index in [1.807, 2.05) is 55.8 Å². The van der Waals surface area contributed by atoms with E-state index >= 15 is 0 Å². The summed E-state index contributed by atoms with van der Waals surface area (Å²) in [6, 6.07) is 9.99. The third-order valence-electron chi connectivity index (χ3n) is 5.60. The minimum absolute atomic E-state index is 0. The Morgan fingerprint density at radius 2 is 1.85 bits per heavy atom. The lowest BCUT2D eigenvalue weighted by Crippen LogP contribution is -2.53. The van der Waals surface area contributed by atoms with Crippen LogP contribution in [0.5, 0.6) is 5.75 Å². The van der Waals surface area contributed by atoms with Crippen molar-refractivity contribution in [2.24, 2.45) is 12.0 Å². The van der Waals surface area contributed by atoms with E-state index in [0.29, 0.717) is 13.2 Å². The second-order valence-corrected chi connectivity index (χ2v) is 7.83. The number of aryl methyl sites for hydroxylation is 1. The first-order valence-electron chi connectivity index (χ1n) is 11.5. The van der Waals surface area contributed by atoms with Gasteiger partial charge in [0.1, 0.15) is 24.7 Å². The zero-order valence-electron chi connectivity index (χ0n) is 20.1. The number of aromatic nitrogens is 3. The third-order valence-corrected chi connectivity index (χ3v) is 5.60. The molecular formula is C23H38IN7O2. The molecule has 0 bridgehead atoms. The van der Waals surface area contributed by atoms with Crippen LogP contribution in [-0.4, -0.2) is 89.6 Å². The molecule has 0 amide bonds. The SMILES string of the molecule is CCOCCCNC(=NCc1nnc(C)n1C)N1CCN(CCOc2ccccc2)CC1.I. The average molecular weight is 572 g/mol. The molecule has 0 atom stereocenters. The van der Waals surface area contributed by atoms with Crippen molar-refractivity contribution in [3.63, 3.8) is 0 Å². The number of ether oxygens (including phenoxy) is 2. The van der Waals surface area contributed by atoms with Gasteiger partial charge in [0.25, 0.3) is 0 Å². The molecule has 0 saturated carbocycles. The van der Waals surface area contributed by atoms with Gasteiger partial charge in [0, 0.05) is 59.5 Å². The van der Waals surface area contributed by atoms with E-state index < -0.39 is 0 Å². The van der Waals surface area contributed by atoms with Crippen LogP contribution in [-0.2, 0) is 18.3 Å². The number of para-hydroxylation sites is 1. The van der Waals surface area contributed by atoms with Crippen LogP contribution < -0.4 is 10.1 Å². The highest BCUT2D eigenvalue weighted by Gasteiger charge is 2.20. The van der Waals surface area contributed by atoms with E-state index in [1.165, 1.54) is 0 Å². The predicted molar refractivity (Wildman–Crippen MR) is 141 cm³/mol. The van der Waals surface area contributed by atoms with E-state index in [4.69, 9.17) is 14.5 Å². The van der Waals surface area contributed by atoms with Crippen LogP contribution >= 0.6 is 24.0 Å². The van der Waals surface area contributed by atoms with Crippen LogP contribution in [0.25, 0.3) is 0 Å². The number of hydrogen-bond acceptors (Lipinski definition) is 6. The van der Waals surface area contributed by atoms with Gasteiger partial charge in [-0.15, -0.1) is 34.2 Å². The van der Waals surface area contributed by atoms with Gasteiger partial charge in [-0.25, -0.2) is 4.99 Å². The van der Waals surface area contributed by atoms with Gasteiger partial charge in [0.15, 0.2) is 11.8 Å². The van der Waals surface area contributed by atoms with Crippen LogP contribution in [0.1, 0.15) is 25.0 Å². The van der Waals surface area contributed by atoms with Gasteiger partial charge >= 0.3 is 0 Å². The Labute approximate surface area is 214 Å². The zero-order chi connectivity index (χ0) is 22.6. The highest BCUT2D eigenvalue weighted by Crippen LogP contribution is 2.09. The lowest BCUT2D eigenvalue weighted by atomic mass is 10.3. The molecule has 2 heterocycles. The number of nitrogens with zero attached hydrogens (tertiary/aromatic N) is 6. The maximum Gasteiger partial charge on any atom is 0.194 e. The fourth-order valence-electron chi connectivity index (χ4n) is 3.51. The van der Waals surface area contributed by atoms with E-state index in [0.717, 1.165) is 82.3 Å². The molecule has 184 valence electrons. The fraction of sp³-hybridized carbons (Fsp3) is 0.609. The smallest absolute Gasteiger partial charge is 0.194 e. The Morgan fingerprint density at radius 3 is 2.52 bits per heavy atom. The molecule has 1 N–H and O–H groups in total. The second kappa shape index (κ2) is 15.1. The van der Waals surface area contributed by atoms with Crippen LogP contribution in [0.4, 0.5) is 0 Å². The highest BCUT2D eigenvalue weighted by molar-refractivity contribution is 14.0. The number of benzene rings is 1. The van der Waals surface area contributed by atoms with Crippen molar-refractivity contribution in [3.05, 3.63) is 42.0 Å². The van der Waals surface area contributed by atoms with Gasteiger partial charge in [0.2, 0.25) is 0 Å². The second-order valence-electron chi connectivity index (χ2n) is 7.83. The number of piperazine rings is 1. The molecule has 0 unspecified atom stereocenters. The van der Waals surface area contributed by atoms with E-state index in [-0.39, 0.29) is 24.0 Å². The molecular weight excluding hydrogens is 533 g/mol. The Hall–Kier alpha value is -1.92. The number of halogens is 1. The molecule has 1 aliphatic rings. The van der Waals surface area contributed by atoms with Gasteiger partial charge in [-0.1, -0.05) is 18.2 Å². The quantitative estimate of drug-likeness (QED) is 0.192. The maximum atomic E-state index is 5.85. The summed E-state index contributed by atoms with van der Waals surface area (Å²) in [6.45, 7) is 12.3. The fourth-order valence-corrected chi connectivity index (χ4v) is 3.51. The molecule has 1 fully saturated rings. The van der Waals surface area contributed by atoms with Crippen molar-refractivity contribution in [2.75, 3.05) is 59.1 Å². The average Bonchev–Trinajstić information content (AvgIpc) is 3.14. The summed E-state index contributed by atoms with van der Waals surface area (Å²) in [5.41, 5.74) is 0. The van der Waals surface area contributed by atoms with Gasteiger partial charge < -0.3 is 24.3 Å². The third kappa shape index (κ3) is 9.09. The molecule has 3 rings (SSSR count). The lowest BCUT2D eigenvalue weighted by Gasteiger charge is -2.36. The molecule has 1 aromatic carbocycles. The lowest BCUT2D eigenvalue weighted by molar-refractivity contribution is 0.143. The van der Waals surface area contributed by atoms with Gasteiger partial charge in [-0.2, -0.15) is 0 Å². The molecule has 0 aliphatic carbocycles. The zero-order valence-corrected chi connectivity index (χ0v) is 22.4. The molecule has 1 aromatic heterocycles. The van der Waals surface area contributed by atoms with Crippen LogP contribution in [0.2, 0.25) is 0 Å². The summed E-state index contributed by atoms with van der Waals surface area (Å²) >= 11 is 0. The topological polar surface area (TPSA) is 80.0 Å². The summed E-state index contributed by atoms with van der Waals surface area (Å²) < 4.78 is 13.3. The summed E-state index contributed by atoms with van der Waals surface area (Å²) in [5, 5.41) is 11.9. The minimum Gasteiger partial charge on any atom is -0.492 e. The summed E-state index contributed by atoms with van der Waals surface area (Å²) in [5.74, 6) is 3.62. The molecule has 0 spiro atoms. The monoisotopic (exact) mass is 571 g/mol. The van der Waals surface area contributed by atoms with Crippen molar-refractivity contribution in [2.45, 2.75) is 26.8 Å². The van der Waals surface area contributed by atoms with Crippen LogP contribution in [0.3, 0.4) is 0 Å². The molecule has 33 heavy (non-hydrogen) atoms. The number of guanidine groups is 1. The number of hydrogen-bond donors (Lipinski definition) is 1. The number of rotatable bonds is 11. The molecule has 9 nitrogen and oxygen atoms in total. The molecule has 10 heteroatoms. The largest absolute Gasteiger partial charge is 0.492 e. The first kappa shape index (κ1) is 27.3. The van der Waals surface area contributed by atoms with Gasteiger partial charge in [-0.05, 0) is 32.4 Å². The Kier molecular flexibility index (Phi) is 12.5. The standard InChI is InChI=1S/C23H37N7O2.HI/c1-4-31-17-8-11-24-23(25-19-22-27-26-20(2)28(22)3)30-14-12-29(13-15-30)16-18-32-21-9-6-5-7-10-21;/h5-7,9-10H,4,8,11-19H2,1-3H3,(H,24,25);1H. The Bertz CT molecular complexity index is 823. The first-order valence-corrected chi connectivity index (χ1v) is 11.5. The van der Waals surface area contributed by atoms with Crippen LogP contribution in [0, 0.1) is 6.92 Å². The van der Waals surface area contributed by atoms with Crippen molar-refractivity contribution < 1.29 is 9.47 Å². The molecule has 1 saturated heterocycles. The summed E-state index contributed by atoms with van der Waals surface area (Å²) in [6.07, 6.45) is 0.951. The number of nitrogens with one attached hydrogen (secondary N) is 1. The van der Waals surface area contributed by atoms with Gasteiger partial charge in [0.05, 0.1) is 0 Å². The van der Waals surface area contributed by atoms with Crippen molar-refractivity contribution in [3.8, 4) is 5.75 Å². The van der Waals surface area contributed by atoms with Crippen molar-refractivity contribution >= 4 is 29.9 Å². The summed E-state index contributed by atoms with van der Waals surface area (Å²) in [7, 11) is 1.98. The predicted octanol–water partition coefficient (Wildman–Crippen LogP) is 2.31. The first-order chi connectivity index (χ1) is 15.7. The summed E-state index contributed by atoms with van der Waals surface area (Å²) in [4.78, 5) is 9.64. The van der Waals surface area contributed by atoms with Crippen molar-refractivity contribution in [1.82, 2.24) is 29.9 Å².